The zero-order valence-electron chi connectivity index (χ0n) is 26.8. The highest BCUT2D eigenvalue weighted by molar-refractivity contribution is 6.35. The number of alkyl halides is 6. The maximum atomic E-state index is 13.9. The highest BCUT2D eigenvalue weighted by Crippen LogP contribution is 2.51. The van der Waals surface area contributed by atoms with Gasteiger partial charge in [-0.3, -0.25) is 10.1 Å². The van der Waals surface area contributed by atoms with Gasteiger partial charge in [-0.2, -0.15) is 36.9 Å². The number of oxime groups is 2. The van der Waals surface area contributed by atoms with Gasteiger partial charge in [0.1, 0.15) is 11.6 Å². The van der Waals surface area contributed by atoms with Crippen LogP contribution in [0, 0.1) is 32.8 Å². The van der Waals surface area contributed by atoms with Gasteiger partial charge in [-0.25, -0.2) is 0 Å². The monoisotopic (exact) mass is 827 g/mol. The summed E-state index contributed by atoms with van der Waals surface area (Å²) in [6.07, 6.45) is -10.7. The maximum absolute atomic E-state index is 13.9. The van der Waals surface area contributed by atoms with Crippen LogP contribution in [0.25, 0.3) is 0 Å². The molecule has 4 aromatic rings. The van der Waals surface area contributed by atoms with E-state index in [1.54, 1.807) is 30.3 Å². The van der Waals surface area contributed by atoms with Crippen LogP contribution >= 0.6 is 46.4 Å². The van der Waals surface area contributed by atoms with Crippen molar-refractivity contribution in [3.8, 4) is 12.1 Å². The number of nitro groups is 1. The van der Waals surface area contributed by atoms with Gasteiger partial charge in [0.25, 0.3) is 16.9 Å². The van der Waals surface area contributed by atoms with E-state index in [9.17, 15) is 36.5 Å². The van der Waals surface area contributed by atoms with Gasteiger partial charge in [0.05, 0.1) is 28.8 Å². The third-order valence-corrected chi connectivity index (χ3v) is 9.12. The number of nitriles is 2. The summed E-state index contributed by atoms with van der Waals surface area (Å²) in [7, 11) is 0. The summed E-state index contributed by atoms with van der Waals surface area (Å²) in [5.41, 5.74) is -5.54. The Bertz CT molecular complexity index is 2230. The summed E-state index contributed by atoms with van der Waals surface area (Å²) >= 11 is 23.4. The molecule has 2 unspecified atom stereocenters. The average molecular weight is 829 g/mol. The van der Waals surface area contributed by atoms with Gasteiger partial charge >= 0.3 is 12.4 Å². The number of benzene rings is 4. The van der Waals surface area contributed by atoms with E-state index in [2.05, 4.69) is 10.3 Å². The first-order valence-corrected chi connectivity index (χ1v) is 16.6. The number of nitro benzene ring substituents is 1. The Kier molecular flexibility index (Phi) is 11.4. The predicted octanol–water partition coefficient (Wildman–Crippen LogP) is 11.0. The SMILES string of the molecule is N#CCc1ccc(C2=NOC(c3cc(Cl)cc(Cl)c3)(C(F)(F)F)C2)cc1.N#Cc1ccc(C2=NOC(c3cc(Cl)cc(Cl)c3)(C(F)(F)F)C2)cc1[N+](=O)[O-]. The van der Waals surface area contributed by atoms with E-state index in [1.165, 1.54) is 30.3 Å². The van der Waals surface area contributed by atoms with Crippen LogP contribution in [0.4, 0.5) is 32.0 Å². The van der Waals surface area contributed by atoms with Crippen LogP contribution < -0.4 is 0 Å². The molecule has 9 nitrogen and oxygen atoms in total. The molecule has 0 saturated carbocycles. The number of rotatable bonds is 6. The fraction of sp³-hybridized carbons (Fsp3) is 0.200. The minimum absolute atomic E-state index is 0.0165. The Balaban J connectivity index is 0.000000208. The standard InChI is InChI=1S/C18H11Cl2F3N2O.C17H8Cl2F3N3O3/c19-14-7-13(8-15(20)9-14)17(18(21,22)23)10-16(25-26-17)12-3-1-11(2-4-12)5-6-24;18-12-4-11(5-13(19)6-12)16(17(20,21)22)7-14(24-28-16)9-1-2-10(8-23)15(3-9)25(26)27/h1-4,7-9H,5,10H2;1-6H,7H2. The van der Waals surface area contributed by atoms with E-state index in [0.29, 0.717) is 5.56 Å². The van der Waals surface area contributed by atoms with Crippen molar-refractivity contribution < 1.29 is 40.9 Å². The van der Waals surface area contributed by atoms with Gasteiger partial charge < -0.3 is 9.68 Å². The molecule has 0 amide bonds. The van der Waals surface area contributed by atoms with Crippen LogP contribution in [-0.2, 0) is 27.3 Å². The molecule has 278 valence electrons. The van der Waals surface area contributed by atoms with E-state index < -0.39 is 47.0 Å². The summed E-state index contributed by atoms with van der Waals surface area (Å²) in [5, 5.41) is 36.1. The van der Waals surface area contributed by atoms with Gasteiger partial charge in [-0.05, 0) is 53.6 Å². The Morgan fingerprint density at radius 2 is 1.13 bits per heavy atom. The van der Waals surface area contributed by atoms with E-state index in [0.717, 1.165) is 29.8 Å². The summed E-state index contributed by atoms with van der Waals surface area (Å²) < 4.78 is 83.5. The molecular weight excluding hydrogens is 810 g/mol. The molecule has 2 aliphatic rings. The number of hydrogen-bond donors (Lipinski definition) is 0. The quantitative estimate of drug-likeness (QED) is 0.108. The second-order valence-electron chi connectivity index (χ2n) is 11.7. The fourth-order valence-electron chi connectivity index (χ4n) is 5.55. The van der Waals surface area contributed by atoms with Crippen molar-refractivity contribution in [2.75, 3.05) is 0 Å². The first kappa shape index (κ1) is 40.1. The lowest BCUT2D eigenvalue weighted by atomic mass is 9.86. The van der Waals surface area contributed by atoms with E-state index in [1.807, 2.05) is 6.07 Å². The van der Waals surface area contributed by atoms with Crippen LogP contribution in [0.3, 0.4) is 0 Å². The molecule has 54 heavy (non-hydrogen) atoms. The molecule has 4 aromatic carbocycles. The molecule has 0 spiro atoms. The molecule has 19 heteroatoms. The molecule has 0 radical (unpaired) electrons. The summed E-state index contributed by atoms with van der Waals surface area (Å²) in [5.74, 6) is 0. The van der Waals surface area contributed by atoms with Crippen LogP contribution in [0.1, 0.15) is 46.2 Å². The maximum Gasteiger partial charge on any atom is 0.435 e. The van der Waals surface area contributed by atoms with Gasteiger partial charge in [0.15, 0.2) is 0 Å². The van der Waals surface area contributed by atoms with Crippen molar-refractivity contribution in [1.82, 2.24) is 0 Å². The first-order valence-electron chi connectivity index (χ1n) is 15.0. The fourth-order valence-corrected chi connectivity index (χ4v) is 6.61. The lowest BCUT2D eigenvalue weighted by Gasteiger charge is -2.29. The topological polar surface area (TPSA) is 134 Å². The van der Waals surface area contributed by atoms with E-state index >= 15 is 0 Å². The van der Waals surface area contributed by atoms with Crippen molar-refractivity contribution in [3.63, 3.8) is 0 Å². The molecule has 0 aromatic heterocycles. The molecule has 0 N–H and O–H groups in total. The Morgan fingerprint density at radius 1 is 0.704 bits per heavy atom. The zero-order valence-corrected chi connectivity index (χ0v) is 29.8. The summed E-state index contributed by atoms with van der Waals surface area (Å²) in [6.45, 7) is 0. The Morgan fingerprint density at radius 3 is 1.52 bits per heavy atom. The molecular formula is C35H19Cl4F6N5O4. The number of hydrogen-bond acceptors (Lipinski definition) is 8. The van der Waals surface area contributed by atoms with Crippen LogP contribution in [-0.4, -0.2) is 28.7 Å². The van der Waals surface area contributed by atoms with Gasteiger partial charge in [0.2, 0.25) is 0 Å². The highest BCUT2D eigenvalue weighted by Gasteiger charge is 2.63. The zero-order chi connectivity index (χ0) is 39.6. The van der Waals surface area contributed by atoms with Crippen LogP contribution in [0.2, 0.25) is 20.1 Å². The third-order valence-electron chi connectivity index (χ3n) is 8.25. The summed E-state index contributed by atoms with van der Waals surface area (Å²) in [4.78, 5) is 20.1. The first-order chi connectivity index (χ1) is 25.3. The largest absolute Gasteiger partial charge is 0.435 e. The van der Waals surface area contributed by atoms with Crippen molar-refractivity contribution in [1.29, 1.82) is 10.5 Å². The molecule has 0 saturated heterocycles. The molecule has 0 bridgehead atoms. The molecule has 2 aliphatic heterocycles. The van der Waals surface area contributed by atoms with Crippen molar-refractivity contribution in [3.05, 3.63) is 142 Å². The van der Waals surface area contributed by atoms with Crippen molar-refractivity contribution in [2.45, 2.75) is 42.8 Å². The second kappa shape index (κ2) is 15.4. The molecule has 6 rings (SSSR count). The minimum Gasteiger partial charge on any atom is -0.374 e. The van der Waals surface area contributed by atoms with Crippen LogP contribution in [0.5, 0.6) is 0 Å². The molecule has 2 heterocycles. The third kappa shape index (κ3) is 8.05. The van der Waals surface area contributed by atoms with Crippen LogP contribution in [0.15, 0.2) is 89.2 Å². The van der Waals surface area contributed by atoms with E-state index in [4.69, 9.17) is 66.6 Å². The molecule has 0 fully saturated rings. The number of nitrogens with zero attached hydrogens (tertiary/aromatic N) is 5. The lowest BCUT2D eigenvalue weighted by molar-refractivity contribution is -0.385. The van der Waals surface area contributed by atoms with Gasteiger partial charge in [0, 0.05) is 55.7 Å². The minimum atomic E-state index is -4.88. The smallest absolute Gasteiger partial charge is 0.374 e. The normalized spacial score (nSPS) is 19.3. The lowest BCUT2D eigenvalue weighted by Crippen LogP contribution is -2.42. The highest BCUT2D eigenvalue weighted by atomic mass is 35.5. The Labute approximate surface area is 321 Å². The van der Waals surface area contributed by atoms with Crippen molar-refractivity contribution in [2.24, 2.45) is 10.3 Å². The second-order valence-corrected chi connectivity index (χ2v) is 13.5. The molecule has 0 aliphatic carbocycles. The average Bonchev–Trinajstić information content (AvgIpc) is 3.76. The predicted molar refractivity (Wildman–Crippen MR) is 186 cm³/mol. The Hall–Kier alpha value is -5.06. The van der Waals surface area contributed by atoms with E-state index in [-0.39, 0.29) is 60.2 Å². The molecule has 2 atom stereocenters. The van der Waals surface area contributed by atoms with Gasteiger partial charge in [-0.1, -0.05) is 87.0 Å². The van der Waals surface area contributed by atoms with Gasteiger partial charge in [-0.15, -0.1) is 0 Å². The summed E-state index contributed by atoms with van der Waals surface area (Å²) in [6, 6.07) is 20.7. The van der Waals surface area contributed by atoms with Crippen molar-refractivity contribution >= 4 is 63.5 Å². The number of halogens is 10.